The maximum Gasteiger partial charge on any atom is 0.229 e. The van der Waals surface area contributed by atoms with Gasteiger partial charge in [0.15, 0.2) is 0 Å². The minimum absolute atomic E-state index is 0.0699. The number of amides is 2. The molecule has 1 aromatic carbocycles. The first kappa shape index (κ1) is 15.2. The second kappa shape index (κ2) is 6.51. The molecule has 1 aromatic rings. The Morgan fingerprint density at radius 1 is 1.33 bits per heavy atom. The van der Waals surface area contributed by atoms with Gasteiger partial charge in [-0.3, -0.25) is 14.5 Å². The molecule has 21 heavy (non-hydrogen) atoms. The van der Waals surface area contributed by atoms with Crippen LogP contribution < -0.4 is 0 Å². The number of rotatable bonds is 2. The molecular weight excluding hydrogens is 273 g/mol. The molecule has 0 bridgehead atoms. The zero-order chi connectivity index (χ0) is 15.4. The van der Waals surface area contributed by atoms with E-state index >= 15 is 0 Å². The summed E-state index contributed by atoms with van der Waals surface area (Å²) in [6.45, 7) is 1.64. The molecule has 0 atom stereocenters. The molecule has 4 nitrogen and oxygen atoms in total. The minimum Gasteiger partial charge on any atom is -0.384 e. The van der Waals surface area contributed by atoms with E-state index in [4.69, 9.17) is 5.11 Å². The molecular formula is C16H16FNO3. The summed E-state index contributed by atoms with van der Waals surface area (Å²) in [5.41, 5.74) is 0.779. The van der Waals surface area contributed by atoms with Crippen molar-refractivity contribution in [2.45, 2.75) is 26.3 Å². The van der Waals surface area contributed by atoms with Crippen LogP contribution in [0.25, 0.3) is 0 Å². The maximum absolute atomic E-state index is 13.5. The lowest BCUT2D eigenvalue weighted by atomic mass is 9.97. The topological polar surface area (TPSA) is 57.6 Å². The predicted molar refractivity (Wildman–Crippen MR) is 74.3 cm³/mol. The van der Waals surface area contributed by atoms with E-state index in [0.717, 1.165) is 0 Å². The number of piperidine rings is 1. The van der Waals surface area contributed by atoms with Crippen LogP contribution in [0.3, 0.4) is 0 Å². The minimum atomic E-state index is -0.496. The van der Waals surface area contributed by atoms with Gasteiger partial charge in [0.2, 0.25) is 11.8 Å². The number of hydrogen-bond donors (Lipinski definition) is 1. The molecule has 0 aliphatic carbocycles. The summed E-state index contributed by atoms with van der Waals surface area (Å²) in [7, 11) is 0. The molecule has 0 radical (unpaired) electrons. The maximum atomic E-state index is 13.5. The second-order valence-corrected chi connectivity index (χ2v) is 5.16. The van der Waals surface area contributed by atoms with Gasteiger partial charge in [0.25, 0.3) is 0 Å². The lowest BCUT2D eigenvalue weighted by Gasteiger charge is -2.28. The fraction of sp³-hybridized carbons (Fsp3) is 0.375. The van der Waals surface area contributed by atoms with Gasteiger partial charge in [-0.05, 0) is 23.6 Å². The summed E-state index contributed by atoms with van der Waals surface area (Å²) in [5.74, 6) is 4.05. The fourth-order valence-electron chi connectivity index (χ4n) is 2.29. The lowest BCUT2D eigenvalue weighted by Crippen LogP contribution is -2.42. The van der Waals surface area contributed by atoms with Gasteiger partial charge in [-0.15, -0.1) is 0 Å². The Morgan fingerprint density at radius 3 is 2.62 bits per heavy atom. The molecule has 1 aliphatic heterocycles. The number of benzene rings is 1. The van der Waals surface area contributed by atoms with Crippen molar-refractivity contribution in [2.75, 3.05) is 6.61 Å². The summed E-state index contributed by atoms with van der Waals surface area (Å²) < 4.78 is 13.5. The Balaban J connectivity index is 2.19. The first-order valence-electron chi connectivity index (χ1n) is 6.72. The third kappa shape index (κ3) is 3.67. The fourth-order valence-corrected chi connectivity index (χ4v) is 2.29. The largest absolute Gasteiger partial charge is 0.384 e. The van der Waals surface area contributed by atoms with Gasteiger partial charge >= 0.3 is 0 Å². The summed E-state index contributed by atoms with van der Waals surface area (Å²) >= 11 is 0. The van der Waals surface area contributed by atoms with Crippen LogP contribution in [0.1, 0.15) is 30.9 Å². The SMILES string of the molecule is CC1CC(=O)N(Cc2ccc(F)c(C#CCO)c2)C(=O)C1. The van der Waals surface area contributed by atoms with E-state index in [1.165, 1.54) is 23.1 Å². The summed E-state index contributed by atoms with van der Waals surface area (Å²) in [5, 5.41) is 8.65. The van der Waals surface area contributed by atoms with Gasteiger partial charge in [-0.2, -0.15) is 0 Å². The molecule has 1 N–H and O–H groups in total. The third-order valence-corrected chi connectivity index (χ3v) is 3.32. The number of likely N-dealkylation sites (tertiary alicyclic amines) is 1. The van der Waals surface area contributed by atoms with Gasteiger partial charge < -0.3 is 5.11 Å². The highest BCUT2D eigenvalue weighted by Crippen LogP contribution is 2.21. The molecule has 0 spiro atoms. The highest BCUT2D eigenvalue weighted by atomic mass is 19.1. The molecule has 0 aromatic heterocycles. The van der Waals surface area contributed by atoms with Crippen molar-refractivity contribution >= 4 is 11.8 Å². The third-order valence-electron chi connectivity index (χ3n) is 3.32. The summed E-state index contributed by atoms with van der Waals surface area (Å²) in [4.78, 5) is 25.0. The second-order valence-electron chi connectivity index (χ2n) is 5.16. The average Bonchev–Trinajstić information content (AvgIpc) is 2.43. The Kier molecular flexibility index (Phi) is 4.71. The van der Waals surface area contributed by atoms with Crippen molar-refractivity contribution in [3.8, 4) is 11.8 Å². The highest BCUT2D eigenvalue weighted by Gasteiger charge is 2.30. The van der Waals surface area contributed by atoms with E-state index in [9.17, 15) is 14.0 Å². The number of nitrogens with zero attached hydrogens (tertiary/aromatic N) is 1. The first-order chi connectivity index (χ1) is 10.0. The molecule has 110 valence electrons. The standard InChI is InChI=1S/C16H16FNO3/c1-11-7-15(20)18(16(21)8-11)10-12-4-5-14(17)13(9-12)3-2-6-19/h4-5,9,11,19H,6-8,10H2,1H3. The van der Waals surface area contributed by atoms with Crippen LogP contribution in [0.15, 0.2) is 18.2 Å². The number of carbonyl (C=O) groups is 2. The molecule has 0 saturated carbocycles. The molecule has 5 heteroatoms. The monoisotopic (exact) mass is 289 g/mol. The van der Waals surface area contributed by atoms with Crippen molar-refractivity contribution in [1.82, 2.24) is 4.90 Å². The van der Waals surface area contributed by atoms with Crippen LogP contribution >= 0.6 is 0 Å². The normalized spacial score (nSPS) is 15.9. The molecule has 1 saturated heterocycles. The van der Waals surface area contributed by atoms with Crippen LogP contribution in [0.5, 0.6) is 0 Å². The van der Waals surface area contributed by atoms with Crippen LogP contribution in [0, 0.1) is 23.6 Å². The predicted octanol–water partition coefficient (Wildman–Crippen LogP) is 1.45. The number of imide groups is 1. The molecule has 2 rings (SSSR count). The molecule has 1 fully saturated rings. The smallest absolute Gasteiger partial charge is 0.229 e. The Hall–Kier alpha value is -2.19. The molecule has 0 unspecified atom stereocenters. The number of hydrogen-bond acceptors (Lipinski definition) is 3. The van der Waals surface area contributed by atoms with Gasteiger partial charge in [0, 0.05) is 12.8 Å². The zero-order valence-corrected chi connectivity index (χ0v) is 11.7. The molecule has 2 amide bonds. The summed E-state index contributed by atoms with van der Waals surface area (Å²) in [6, 6.07) is 4.27. The van der Waals surface area contributed by atoms with Crippen LogP contribution in [-0.2, 0) is 16.1 Å². The van der Waals surface area contributed by atoms with Crippen LogP contribution in [-0.4, -0.2) is 28.4 Å². The van der Waals surface area contributed by atoms with Crippen molar-refractivity contribution in [3.05, 3.63) is 35.1 Å². The average molecular weight is 289 g/mol. The number of aliphatic hydroxyl groups excluding tert-OH is 1. The summed E-state index contributed by atoms with van der Waals surface area (Å²) in [6.07, 6.45) is 0.703. The molecule has 1 heterocycles. The number of carbonyl (C=O) groups excluding carboxylic acids is 2. The van der Waals surface area contributed by atoms with E-state index in [2.05, 4.69) is 11.8 Å². The van der Waals surface area contributed by atoms with Crippen LogP contribution in [0.4, 0.5) is 4.39 Å². The van der Waals surface area contributed by atoms with Crippen LogP contribution in [0.2, 0.25) is 0 Å². The van der Waals surface area contributed by atoms with E-state index in [0.29, 0.717) is 18.4 Å². The van der Waals surface area contributed by atoms with E-state index in [1.54, 1.807) is 0 Å². The quantitative estimate of drug-likeness (QED) is 0.662. The Bertz CT molecular complexity index is 612. The van der Waals surface area contributed by atoms with Crippen molar-refractivity contribution < 1.29 is 19.1 Å². The van der Waals surface area contributed by atoms with E-state index in [1.807, 2.05) is 6.92 Å². The Morgan fingerprint density at radius 2 is 2.00 bits per heavy atom. The number of aliphatic hydroxyl groups is 1. The Labute approximate surface area is 122 Å². The van der Waals surface area contributed by atoms with Gasteiger partial charge in [-0.25, -0.2) is 4.39 Å². The molecule has 1 aliphatic rings. The van der Waals surface area contributed by atoms with Crippen molar-refractivity contribution in [2.24, 2.45) is 5.92 Å². The van der Waals surface area contributed by atoms with E-state index < -0.39 is 5.82 Å². The van der Waals surface area contributed by atoms with Gasteiger partial charge in [0.1, 0.15) is 12.4 Å². The highest BCUT2D eigenvalue weighted by molar-refractivity contribution is 5.97. The van der Waals surface area contributed by atoms with Crippen molar-refractivity contribution in [3.63, 3.8) is 0 Å². The van der Waals surface area contributed by atoms with Crippen molar-refractivity contribution in [1.29, 1.82) is 0 Å². The zero-order valence-electron chi connectivity index (χ0n) is 11.7. The van der Waals surface area contributed by atoms with Gasteiger partial charge in [0.05, 0.1) is 12.1 Å². The first-order valence-corrected chi connectivity index (χ1v) is 6.72. The lowest BCUT2D eigenvalue weighted by molar-refractivity contribution is -0.150. The van der Waals surface area contributed by atoms with Gasteiger partial charge in [-0.1, -0.05) is 24.8 Å². The number of halogens is 1. The van der Waals surface area contributed by atoms with E-state index in [-0.39, 0.29) is 36.4 Å².